The molecule has 3 fully saturated rings. The van der Waals surface area contributed by atoms with Gasteiger partial charge in [-0.1, -0.05) is 0 Å². The van der Waals surface area contributed by atoms with Gasteiger partial charge in [-0.3, -0.25) is 9.59 Å². The van der Waals surface area contributed by atoms with Crippen molar-refractivity contribution in [3.8, 4) is 0 Å². The second-order valence-electron chi connectivity index (χ2n) is 6.57. The van der Waals surface area contributed by atoms with Crippen molar-refractivity contribution in [1.82, 2.24) is 9.80 Å². The highest BCUT2D eigenvalue weighted by Gasteiger charge is 2.31. The molecule has 5 heteroatoms. The van der Waals surface area contributed by atoms with Crippen LogP contribution >= 0.6 is 0 Å². The molecule has 0 N–H and O–H groups in total. The van der Waals surface area contributed by atoms with Crippen LogP contribution in [0, 0.1) is 5.92 Å². The molecule has 0 aromatic rings. The molecule has 0 spiro atoms. The minimum absolute atomic E-state index is 0.181. The lowest BCUT2D eigenvalue weighted by Crippen LogP contribution is -2.46. The molecule has 0 aliphatic carbocycles. The molecule has 3 rings (SSSR count). The molecule has 0 saturated carbocycles. The van der Waals surface area contributed by atoms with Crippen molar-refractivity contribution in [3.05, 3.63) is 0 Å². The molecule has 1 atom stereocenters. The van der Waals surface area contributed by atoms with E-state index in [1.807, 2.05) is 9.80 Å². The fraction of sp³-hybridized carbons (Fsp3) is 0.875. The maximum atomic E-state index is 12.3. The Morgan fingerprint density at radius 1 is 1.10 bits per heavy atom. The van der Waals surface area contributed by atoms with Gasteiger partial charge < -0.3 is 14.5 Å². The molecule has 5 nitrogen and oxygen atoms in total. The molecule has 0 aromatic carbocycles. The Balaban J connectivity index is 1.44. The van der Waals surface area contributed by atoms with Crippen LogP contribution in [0.3, 0.4) is 0 Å². The van der Waals surface area contributed by atoms with Crippen molar-refractivity contribution in [2.24, 2.45) is 5.92 Å². The summed E-state index contributed by atoms with van der Waals surface area (Å²) in [6, 6.07) is 0. The lowest BCUT2D eigenvalue weighted by molar-refractivity contribution is -0.143. The highest BCUT2D eigenvalue weighted by Crippen LogP contribution is 2.23. The molecule has 0 bridgehead atoms. The highest BCUT2D eigenvalue weighted by atomic mass is 16.5. The van der Waals surface area contributed by atoms with Crippen LogP contribution in [-0.4, -0.2) is 60.5 Å². The van der Waals surface area contributed by atoms with Crippen LogP contribution in [0.4, 0.5) is 0 Å². The Morgan fingerprint density at radius 2 is 1.90 bits per heavy atom. The minimum Gasteiger partial charge on any atom is -0.368 e. The van der Waals surface area contributed by atoms with Crippen LogP contribution in [0.5, 0.6) is 0 Å². The zero-order valence-corrected chi connectivity index (χ0v) is 12.8. The van der Waals surface area contributed by atoms with Crippen LogP contribution in [0.1, 0.15) is 44.9 Å². The van der Waals surface area contributed by atoms with E-state index in [4.69, 9.17) is 4.74 Å². The lowest BCUT2D eigenvalue weighted by atomic mass is 9.94. The normalized spacial score (nSPS) is 28.2. The lowest BCUT2D eigenvalue weighted by Gasteiger charge is -2.36. The highest BCUT2D eigenvalue weighted by molar-refractivity contribution is 5.81. The number of hydrogen-bond acceptors (Lipinski definition) is 3. The third kappa shape index (κ3) is 3.57. The number of carbonyl (C=O) groups excluding carboxylic acids is 2. The Morgan fingerprint density at radius 3 is 2.57 bits per heavy atom. The van der Waals surface area contributed by atoms with Gasteiger partial charge >= 0.3 is 0 Å². The summed E-state index contributed by atoms with van der Waals surface area (Å²) >= 11 is 0. The first kappa shape index (κ1) is 14.8. The number of nitrogens with zero attached hydrogens (tertiary/aromatic N) is 2. The molecule has 3 saturated heterocycles. The molecule has 1 unspecified atom stereocenters. The third-order valence-corrected chi connectivity index (χ3v) is 5.03. The molecule has 3 heterocycles. The molecule has 21 heavy (non-hydrogen) atoms. The molecule has 0 aromatic heterocycles. The van der Waals surface area contributed by atoms with Crippen LogP contribution in [0.25, 0.3) is 0 Å². The molecule has 3 aliphatic rings. The van der Waals surface area contributed by atoms with E-state index in [2.05, 4.69) is 0 Å². The SMILES string of the molecule is O=C1CCCCN1CC1CCN(C(=O)C2CCCO2)CC1. The predicted octanol–water partition coefficient (Wildman–Crippen LogP) is 1.42. The monoisotopic (exact) mass is 294 g/mol. The van der Waals surface area contributed by atoms with Crippen molar-refractivity contribution in [2.45, 2.75) is 51.0 Å². The number of carbonyl (C=O) groups is 2. The largest absolute Gasteiger partial charge is 0.368 e. The summed E-state index contributed by atoms with van der Waals surface area (Å²) in [5.74, 6) is 1.06. The van der Waals surface area contributed by atoms with Crippen LogP contribution in [-0.2, 0) is 14.3 Å². The van der Waals surface area contributed by atoms with E-state index in [-0.39, 0.29) is 12.0 Å². The van der Waals surface area contributed by atoms with E-state index in [0.717, 1.165) is 77.7 Å². The quantitative estimate of drug-likeness (QED) is 0.791. The molecule has 3 aliphatic heterocycles. The first-order chi connectivity index (χ1) is 10.2. The summed E-state index contributed by atoms with van der Waals surface area (Å²) in [4.78, 5) is 28.1. The molecule has 118 valence electrons. The van der Waals surface area contributed by atoms with Crippen molar-refractivity contribution >= 4 is 11.8 Å². The van der Waals surface area contributed by atoms with Gasteiger partial charge in [0.25, 0.3) is 5.91 Å². The van der Waals surface area contributed by atoms with Gasteiger partial charge in [0.15, 0.2) is 0 Å². The number of rotatable bonds is 3. The Labute approximate surface area is 126 Å². The van der Waals surface area contributed by atoms with Gasteiger partial charge in [0.2, 0.25) is 5.91 Å². The average Bonchev–Trinajstić information content (AvgIpc) is 3.04. The second kappa shape index (κ2) is 6.77. The predicted molar refractivity (Wildman–Crippen MR) is 78.7 cm³/mol. The second-order valence-corrected chi connectivity index (χ2v) is 6.57. The summed E-state index contributed by atoms with van der Waals surface area (Å²) in [5, 5.41) is 0. The number of hydrogen-bond donors (Lipinski definition) is 0. The van der Waals surface area contributed by atoms with E-state index in [9.17, 15) is 9.59 Å². The van der Waals surface area contributed by atoms with Gasteiger partial charge in [0, 0.05) is 39.2 Å². The molecule has 0 radical (unpaired) electrons. The van der Waals surface area contributed by atoms with Gasteiger partial charge in [-0.15, -0.1) is 0 Å². The first-order valence-corrected chi connectivity index (χ1v) is 8.42. The number of likely N-dealkylation sites (tertiary alicyclic amines) is 2. The van der Waals surface area contributed by atoms with E-state index in [0.29, 0.717) is 11.8 Å². The van der Waals surface area contributed by atoms with Gasteiger partial charge in [0.1, 0.15) is 6.10 Å². The van der Waals surface area contributed by atoms with Crippen molar-refractivity contribution in [1.29, 1.82) is 0 Å². The topological polar surface area (TPSA) is 49.9 Å². The zero-order valence-electron chi connectivity index (χ0n) is 12.8. The standard InChI is InChI=1S/C16H26N2O3/c19-15-5-1-2-8-18(15)12-13-6-9-17(10-7-13)16(20)14-4-3-11-21-14/h13-14H,1-12H2. The van der Waals surface area contributed by atoms with Crippen LogP contribution in [0.2, 0.25) is 0 Å². The fourth-order valence-corrected chi connectivity index (χ4v) is 3.68. The maximum absolute atomic E-state index is 12.3. The van der Waals surface area contributed by atoms with Gasteiger partial charge in [-0.05, 0) is 44.4 Å². The first-order valence-electron chi connectivity index (χ1n) is 8.42. The number of amides is 2. The van der Waals surface area contributed by atoms with E-state index < -0.39 is 0 Å². The van der Waals surface area contributed by atoms with E-state index in [1.54, 1.807) is 0 Å². The number of piperidine rings is 2. The summed E-state index contributed by atoms with van der Waals surface area (Å²) in [6.45, 7) is 4.19. The maximum Gasteiger partial charge on any atom is 0.251 e. The fourth-order valence-electron chi connectivity index (χ4n) is 3.68. The van der Waals surface area contributed by atoms with Crippen molar-refractivity contribution in [3.63, 3.8) is 0 Å². The Bertz CT molecular complexity index is 385. The molecular weight excluding hydrogens is 268 g/mol. The van der Waals surface area contributed by atoms with E-state index in [1.165, 1.54) is 0 Å². The van der Waals surface area contributed by atoms with Crippen molar-refractivity contribution in [2.75, 3.05) is 32.8 Å². The zero-order chi connectivity index (χ0) is 14.7. The molecule has 2 amide bonds. The van der Waals surface area contributed by atoms with Gasteiger partial charge in [-0.25, -0.2) is 0 Å². The Kier molecular flexibility index (Phi) is 4.78. The smallest absolute Gasteiger partial charge is 0.251 e. The number of ether oxygens (including phenoxy) is 1. The van der Waals surface area contributed by atoms with Gasteiger partial charge in [-0.2, -0.15) is 0 Å². The van der Waals surface area contributed by atoms with Crippen LogP contribution < -0.4 is 0 Å². The van der Waals surface area contributed by atoms with E-state index >= 15 is 0 Å². The molecular formula is C16H26N2O3. The summed E-state index contributed by atoms with van der Waals surface area (Å²) in [6.07, 6.45) is 6.63. The minimum atomic E-state index is -0.190. The summed E-state index contributed by atoms with van der Waals surface area (Å²) in [5.41, 5.74) is 0. The summed E-state index contributed by atoms with van der Waals surface area (Å²) in [7, 11) is 0. The van der Waals surface area contributed by atoms with Crippen LogP contribution in [0.15, 0.2) is 0 Å². The average molecular weight is 294 g/mol. The Hall–Kier alpha value is -1.10. The third-order valence-electron chi connectivity index (χ3n) is 5.03. The summed E-state index contributed by atoms with van der Waals surface area (Å²) < 4.78 is 5.49. The van der Waals surface area contributed by atoms with Gasteiger partial charge in [0.05, 0.1) is 0 Å². The van der Waals surface area contributed by atoms with Crippen molar-refractivity contribution < 1.29 is 14.3 Å².